The SMILES string of the molecule is CC.CCCCC(CCC)C[C@H](C)O.NC(N)=NCCC[C@@H](C=O)NC(=O)[C@@H]1CCCN1C=O. The van der Waals surface area contributed by atoms with Gasteiger partial charge in [0, 0.05) is 13.1 Å². The minimum absolute atomic E-state index is 0.00395. The zero-order valence-electron chi connectivity index (χ0n) is 22.2. The number of nitrogens with one attached hydrogen (secondary N) is 1. The molecule has 0 aromatic heterocycles. The highest BCUT2D eigenvalue weighted by Crippen LogP contribution is 2.20. The van der Waals surface area contributed by atoms with Crippen molar-refractivity contribution in [3.8, 4) is 0 Å². The molecule has 0 spiro atoms. The van der Waals surface area contributed by atoms with E-state index in [1.165, 1.54) is 37.0 Å². The van der Waals surface area contributed by atoms with Crippen LogP contribution in [0.15, 0.2) is 4.99 Å². The van der Waals surface area contributed by atoms with E-state index < -0.39 is 12.1 Å². The number of rotatable bonds is 15. The van der Waals surface area contributed by atoms with Gasteiger partial charge in [0.15, 0.2) is 5.96 Å². The van der Waals surface area contributed by atoms with Crippen LogP contribution in [0.5, 0.6) is 0 Å². The van der Waals surface area contributed by atoms with Crippen molar-refractivity contribution in [3.05, 3.63) is 0 Å². The zero-order valence-corrected chi connectivity index (χ0v) is 22.2. The van der Waals surface area contributed by atoms with Gasteiger partial charge in [-0.2, -0.15) is 0 Å². The van der Waals surface area contributed by atoms with Crippen LogP contribution in [0.25, 0.3) is 0 Å². The fraction of sp³-hybridized carbons (Fsp3) is 0.840. The normalized spacial score (nSPS) is 17.1. The topological polar surface area (TPSA) is 151 Å². The number of carbonyl (C=O) groups is 3. The molecule has 9 heteroatoms. The molecular formula is C25H51N5O4. The lowest BCUT2D eigenvalue weighted by molar-refractivity contribution is -0.132. The summed E-state index contributed by atoms with van der Waals surface area (Å²) >= 11 is 0. The standard InChI is InChI=1S/C12H21N5O3.C11H24O.C2H6/c13-12(14)15-5-1-3-9(7-18)16-11(20)10-4-2-6-17(10)8-19;1-4-6-8-11(7-5-2)9-10(3)12;1-2/h7-10H,1-6H2,(H,16,20)(H4,13,14,15);10-12H,4-9H2,1-3H3;1-2H3/t9-,10-;10-,11?;/m00./s1. The Labute approximate surface area is 207 Å². The first-order chi connectivity index (χ1) is 16.3. The van der Waals surface area contributed by atoms with Crippen LogP contribution >= 0.6 is 0 Å². The summed E-state index contributed by atoms with van der Waals surface area (Å²) in [6.45, 7) is 11.3. The largest absolute Gasteiger partial charge is 0.393 e. The highest BCUT2D eigenvalue weighted by atomic mass is 16.3. The number of aliphatic imine (C=N–C) groups is 1. The second-order valence-corrected chi connectivity index (χ2v) is 8.58. The Morgan fingerprint density at radius 3 is 2.32 bits per heavy atom. The van der Waals surface area contributed by atoms with Gasteiger partial charge in [0.25, 0.3) is 0 Å². The Morgan fingerprint density at radius 1 is 1.15 bits per heavy atom. The predicted molar refractivity (Wildman–Crippen MR) is 139 cm³/mol. The van der Waals surface area contributed by atoms with Gasteiger partial charge in [0.05, 0.1) is 12.1 Å². The molecule has 9 nitrogen and oxygen atoms in total. The molecule has 0 bridgehead atoms. The van der Waals surface area contributed by atoms with Crippen molar-refractivity contribution in [1.29, 1.82) is 0 Å². The lowest BCUT2D eigenvalue weighted by atomic mass is 9.92. The van der Waals surface area contributed by atoms with Crippen molar-refractivity contribution >= 4 is 24.6 Å². The third-order valence-corrected chi connectivity index (χ3v) is 5.53. The van der Waals surface area contributed by atoms with Gasteiger partial charge in [-0.05, 0) is 44.9 Å². The number of carbonyl (C=O) groups excluding carboxylic acids is 3. The maximum atomic E-state index is 12.0. The molecule has 200 valence electrons. The van der Waals surface area contributed by atoms with Crippen molar-refractivity contribution in [2.75, 3.05) is 13.1 Å². The molecule has 1 aliphatic heterocycles. The molecular weight excluding hydrogens is 434 g/mol. The number of hydrogen-bond donors (Lipinski definition) is 4. The lowest BCUT2D eigenvalue weighted by Gasteiger charge is -2.21. The number of nitrogens with two attached hydrogens (primary N) is 2. The predicted octanol–water partition coefficient (Wildman–Crippen LogP) is 2.73. The number of aldehydes is 1. The quantitative estimate of drug-likeness (QED) is 0.121. The third-order valence-electron chi connectivity index (χ3n) is 5.53. The van der Waals surface area contributed by atoms with Gasteiger partial charge >= 0.3 is 0 Å². The molecule has 1 unspecified atom stereocenters. The maximum Gasteiger partial charge on any atom is 0.243 e. The monoisotopic (exact) mass is 485 g/mol. The Bertz CT molecular complexity index is 553. The summed E-state index contributed by atoms with van der Waals surface area (Å²) < 4.78 is 0. The van der Waals surface area contributed by atoms with E-state index in [1.807, 2.05) is 20.8 Å². The maximum absolute atomic E-state index is 12.0. The summed E-state index contributed by atoms with van der Waals surface area (Å²) in [4.78, 5) is 39.0. The molecule has 4 atom stereocenters. The van der Waals surface area contributed by atoms with Crippen LogP contribution in [-0.4, -0.2) is 65.8 Å². The highest BCUT2D eigenvalue weighted by Gasteiger charge is 2.30. The molecule has 2 amide bonds. The molecule has 1 rings (SSSR count). The molecule has 0 radical (unpaired) electrons. The molecule has 1 fully saturated rings. The average Bonchev–Trinajstić information content (AvgIpc) is 3.30. The zero-order chi connectivity index (χ0) is 26.4. The van der Waals surface area contributed by atoms with Gasteiger partial charge in [-0.15, -0.1) is 0 Å². The van der Waals surface area contributed by atoms with Crippen molar-refractivity contribution in [2.24, 2.45) is 22.4 Å². The highest BCUT2D eigenvalue weighted by molar-refractivity contribution is 5.86. The van der Waals surface area contributed by atoms with E-state index in [-0.39, 0.29) is 18.0 Å². The van der Waals surface area contributed by atoms with Crippen LogP contribution in [0.4, 0.5) is 0 Å². The average molecular weight is 486 g/mol. The van der Waals surface area contributed by atoms with E-state index in [9.17, 15) is 19.5 Å². The van der Waals surface area contributed by atoms with E-state index in [1.54, 1.807) is 0 Å². The summed E-state index contributed by atoms with van der Waals surface area (Å²) in [5.74, 6) is 0.479. The summed E-state index contributed by atoms with van der Waals surface area (Å²) in [5, 5.41) is 11.9. The van der Waals surface area contributed by atoms with Crippen molar-refractivity contribution < 1.29 is 19.5 Å². The van der Waals surface area contributed by atoms with Gasteiger partial charge in [0.1, 0.15) is 12.3 Å². The van der Waals surface area contributed by atoms with E-state index in [0.29, 0.717) is 45.0 Å². The number of aliphatic hydroxyl groups excluding tert-OH is 1. The number of amides is 2. The van der Waals surface area contributed by atoms with E-state index in [0.717, 1.165) is 18.8 Å². The second-order valence-electron chi connectivity index (χ2n) is 8.58. The number of likely N-dealkylation sites (tertiary alicyclic amines) is 1. The Hall–Kier alpha value is -2.16. The van der Waals surface area contributed by atoms with Crippen LogP contribution in [0.3, 0.4) is 0 Å². The summed E-state index contributed by atoms with van der Waals surface area (Å²) in [6.07, 6.45) is 11.1. The van der Waals surface area contributed by atoms with Crippen LogP contribution in [0, 0.1) is 5.92 Å². The van der Waals surface area contributed by atoms with Crippen molar-refractivity contribution in [1.82, 2.24) is 10.2 Å². The second kappa shape index (κ2) is 22.6. The number of aliphatic hydroxyl groups is 1. The Kier molecular flexibility index (Phi) is 22.6. The molecule has 6 N–H and O–H groups in total. The summed E-state index contributed by atoms with van der Waals surface area (Å²) in [5.41, 5.74) is 10.4. The molecule has 1 heterocycles. The molecule has 0 aromatic carbocycles. The van der Waals surface area contributed by atoms with Gasteiger partial charge in [-0.25, -0.2) is 0 Å². The fourth-order valence-electron chi connectivity index (χ4n) is 3.93. The minimum Gasteiger partial charge on any atom is -0.393 e. The van der Waals surface area contributed by atoms with Gasteiger partial charge in [0.2, 0.25) is 12.3 Å². The summed E-state index contributed by atoms with van der Waals surface area (Å²) in [6, 6.07) is -1.04. The Balaban J connectivity index is 0. The van der Waals surface area contributed by atoms with Gasteiger partial charge < -0.3 is 31.6 Å². The molecule has 0 aromatic rings. The van der Waals surface area contributed by atoms with E-state index in [4.69, 9.17) is 11.5 Å². The number of guanidine groups is 1. The first kappa shape index (κ1) is 34.0. The molecule has 1 aliphatic rings. The summed E-state index contributed by atoms with van der Waals surface area (Å²) in [7, 11) is 0. The van der Waals surface area contributed by atoms with Crippen LogP contribution < -0.4 is 16.8 Å². The minimum atomic E-state index is -0.578. The lowest BCUT2D eigenvalue weighted by Crippen LogP contribution is -2.47. The van der Waals surface area contributed by atoms with Crippen LogP contribution in [0.1, 0.15) is 98.8 Å². The Morgan fingerprint density at radius 2 is 1.82 bits per heavy atom. The first-order valence-corrected chi connectivity index (χ1v) is 13.0. The van der Waals surface area contributed by atoms with E-state index >= 15 is 0 Å². The van der Waals surface area contributed by atoms with Crippen LogP contribution in [-0.2, 0) is 14.4 Å². The molecule has 1 saturated heterocycles. The number of hydrogen-bond acceptors (Lipinski definition) is 5. The smallest absolute Gasteiger partial charge is 0.243 e. The number of nitrogens with zero attached hydrogens (tertiary/aromatic N) is 2. The third kappa shape index (κ3) is 17.3. The van der Waals surface area contributed by atoms with Crippen molar-refractivity contribution in [2.45, 2.75) is 117 Å². The van der Waals surface area contributed by atoms with Gasteiger partial charge in [-0.3, -0.25) is 14.6 Å². The van der Waals surface area contributed by atoms with Crippen molar-refractivity contribution in [3.63, 3.8) is 0 Å². The fourth-order valence-corrected chi connectivity index (χ4v) is 3.93. The first-order valence-electron chi connectivity index (χ1n) is 13.0. The molecule has 0 aliphatic carbocycles. The van der Waals surface area contributed by atoms with E-state index in [2.05, 4.69) is 24.2 Å². The van der Waals surface area contributed by atoms with Gasteiger partial charge in [-0.1, -0.05) is 59.8 Å². The molecule has 34 heavy (non-hydrogen) atoms. The molecule has 0 saturated carbocycles. The van der Waals surface area contributed by atoms with Crippen LogP contribution in [0.2, 0.25) is 0 Å². The number of unbranched alkanes of at least 4 members (excludes halogenated alkanes) is 1.